The molecule has 17 heavy (non-hydrogen) atoms. The molecule has 3 fully saturated rings. The molecule has 0 aromatic rings. The van der Waals surface area contributed by atoms with E-state index in [0.29, 0.717) is 10.8 Å². The van der Waals surface area contributed by atoms with Gasteiger partial charge >= 0.3 is 0 Å². The molecule has 1 aliphatic heterocycles. The summed E-state index contributed by atoms with van der Waals surface area (Å²) < 4.78 is 0. The van der Waals surface area contributed by atoms with E-state index < -0.39 is 0 Å². The van der Waals surface area contributed by atoms with Crippen LogP contribution in [0.2, 0.25) is 0 Å². The highest BCUT2D eigenvalue weighted by Crippen LogP contribution is 2.58. The van der Waals surface area contributed by atoms with E-state index in [9.17, 15) is 0 Å². The van der Waals surface area contributed by atoms with Crippen molar-refractivity contribution in [2.24, 2.45) is 16.6 Å². The first-order chi connectivity index (χ1) is 8.04. The van der Waals surface area contributed by atoms with Gasteiger partial charge in [0.05, 0.1) is 0 Å². The first kappa shape index (κ1) is 12.0. The maximum absolute atomic E-state index is 6.16. The second kappa shape index (κ2) is 3.71. The van der Waals surface area contributed by atoms with Crippen LogP contribution in [0.15, 0.2) is 0 Å². The van der Waals surface area contributed by atoms with Crippen molar-refractivity contribution < 1.29 is 0 Å². The van der Waals surface area contributed by atoms with Gasteiger partial charge in [-0.25, -0.2) is 0 Å². The van der Waals surface area contributed by atoms with E-state index >= 15 is 0 Å². The number of hydrogen-bond acceptors (Lipinski definition) is 2. The maximum Gasteiger partial charge on any atom is 0.0357 e. The Balaban J connectivity index is 1.76. The quantitative estimate of drug-likeness (QED) is 0.816. The van der Waals surface area contributed by atoms with Crippen LogP contribution >= 0.6 is 0 Å². The smallest absolute Gasteiger partial charge is 0.0357 e. The van der Waals surface area contributed by atoms with Crippen molar-refractivity contribution in [2.45, 2.75) is 64.3 Å². The third kappa shape index (κ3) is 1.67. The molecule has 0 bridgehead atoms. The Morgan fingerprint density at radius 3 is 2.29 bits per heavy atom. The van der Waals surface area contributed by atoms with E-state index in [4.69, 9.17) is 5.73 Å². The normalized spacial score (nSPS) is 34.1. The van der Waals surface area contributed by atoms with Gasteiger partial charge < -0.3 is 5.73 Å². The highest BCUT2D eigenvalue weighted by atomic mass is 15.3. The molecule has 0 aromatic carbocycles. The molecule has 0 amide bonds. The van der Waals surface area contributed by atoms with Crippen LogP contribution < -0.4 is 5.73 Å². The zero-order chi connectivity index (χ0) is 12.1. The fourth-order valence-corrected chi connectivity index (χ4v) is 4.37. The lowest BCUT2D eigenvalue weighted by atomic mass is 9.81. The summed E-state index contributed by atoms with van der Waals surface area (Å²) >= 11 is 0. The van der Waals surface area contributed by atoms with Crippen LogP contribution in [0.5, 0.6) is 0 Å². The highest BCUT2D eigenvalue weighted by Gasteiger charge is 2.57. The minimum absolute atomic E-state index is 0.263. The summed E-state index contributed by atoms with van der Waals surface area (Å²) in [4.78, 5) is 2.76. The number of nitrogens with two attached hydrogens (primary N) is 1. The molecule has 1 saturated heterocycles. The minimum atomic E-state index is 0.263. The Hall–Kier alpha value is -0.0800. The van der Waals surface area contributed by atoms with Crippen molar-refractivity contribution >= 4 is 0 Å². The van der Waals surface area contributed by atoms with E-state index in [1.807, 2.05) is 0 Å². The summed E-state index contributed by atoms with van der Waals surface area (Å²) in [5.74, 6) is 0. The van der Waals surface area contributed by atoms with Crippen LogP contribution in [-0.4, -0.2) is 30.1 Å². The topological polar surface area (TPSA) is 29.3 Å². The maximum atomic E-state index is 6.16. The van der Waals surface area contributed by atoms with Crippen molar-refractivity contribution in [3.63, 3.8) is 0 Å². The minimum Gasteiger partial charge on any atom is -0.329 e. The van der Waals surface area contributed by atoms with Crippen LogP contribution in [0.3, 0.4) is 0 Å². The first-order valence-corrected chi connectivity index (χ1v) is 7.49. The van der Waals surface area contributed by atoms with Gasteiger partial charge in [-0.3, -0.25) is 4.90 Å². The molecule has 2 N–H and O–H groups in total. The zero-order valence-electron chi connectivity index (χ0n) is 11.6. The fraction of sp³-hybridized carbons (Fsp3) is 1.00. The highest BCUT2D eigenvalue weighted by molar-refractivity contribution is 5.12. The Morgan fingerprint density at radius 1 is 1.12 bits per heavy atom. The van der Waals surface area contributed by atoms with Gasteiger partial charge in [-0.2, -0.15) is 0 Å². The van der Waals surface area contributed by atoms with E-state index in [2.05, 4.69) is 18.7 Å². The van der Waals surface area contributed by atoms with E-state index in [0.717, 1.165) is 6.54 Å². The number of rotatable bonds is 3. The third-order valence-electron chi connectivity index (χ3n) is 6.50. The van der Waals surface area contributed by atoms with Gasteiger partial charge in [0.2, 0.25) is 0 Å². The second-order valence-corrected chi connectivity index (χ2v) is 7.42. The molecule has 0 aromatic heterocycles. The molecule has 1 unspecified atom stereocenters. The predicted octanol–water partition coefficient (Wildman–Crippen LogP) is 2.77. The summed E-state index contributed by atoms with van der Waals surface area (Å²) in [6.07, 6.45) is 10.1. The molecular formula is C15H28N2. The number of nitrogens with zero attached hydrogens (tertiary/aromatic N) is 1. The summed E-state index contributed by atoms with van der Waals surface area (Å²) in [5, 5.41) is 0. The first-order valence-electron chi connectivity index (χ1n) is 7.49. The SMILES string of the molecule is CC1(C(C)(CN)N2CCC3(CCCC3)C2)CC1. The molecule has 2 heteroatoms. The molecule has 1 atom stereocenters. The standard InChI is InChI=1S/C15H28N2/c1-13(7-8-13)14(2,11-16)17-10-9-15(12-17)5-3-4-6-15/h3-12,16H2,1-2H3. The summed E-state index contributed by atoms with van der Waals surface area (Å²) in [5.41, 5.74) is 7.61. The zero-order valence-corrected chi connectivity index (χ0v) is 11.6. The monoisotopic (exact) mass is 236 g/mol. The lowest BCUT2D eigenvalue weighted by molar-refractivity contribution is 0.0587. The van der Waals surface area contributed by atoms with Gasteiger partial charge in [-0.05, 0) is 56.4 Å². The molecule has 1 spiro atoms. The Bertz CT molecular complexity index is 302. The van der Waals surface area contributed by atoms with Crippen LogP contribution in [0.1, 0.15) is 58.8 Å². The Morgan fingerprint density at radius 2 is 1.76 bits per heavy atom. The molecule has 2 aliphatic carbocycles. The van der Waals surface area contributed by atoms with E-state index in [1.165, 1.54) is 58.0 Å². The average Bonchev–Trinajstić information content (AvgIpc) is 2.82. The van der Waals surface area contributed by atoms with E-state index in [-0.39, 0.29) is 5.54 Å². The molecule has 2 nitrogen and oxygen atoms in total. The number of hydrogen-bond donors (Lipinski definition) is 1. The Labute approximate surface area is 106 Å². The van der Waals surface area contributed by atoms with Gasteiger partial charge in [0.1, 0.15) is 0 Å². The van der Waals surface area contributed by atoms with Gasteiger partial charge in [0, 0.05) is 18.6 Å². The van der Waals surface area contributed by atoms with Gasteiger partial charge in [0.25, 0.3) is 0 Å². The molecular weight excluding hydrogens is 208 g/mol. The van der Waals surface area contributed by atoms with Crippen molar-refractivity contribution in [1.82, 2.24) is 4.90 Å². The van der Waals surface area contributed by atoms with Crippen molar-refractivity contribution in [3.8, 4) is 0 Å². The summed E-state index contributed by atoms with van der Waals surface area (Å²) in [7, 11) is 0. The van der Waals surface area contributed by atoms with Crippen LogP contribution in [0.25, 0.3) is 0 Å². The van der Waals surface area contributed by atoms with Crippen molar-refractivity contribution in [2.75, 3.05) is 19.6 Å². The predicted molar refractivity (Wildman–Crippen MR) is 71.9 cm³/mol. The fourth-order valence-electron chi connectivity index (χ4n) is 4.37. The van der Waals surface area contributed by atoms with Crippen molar-refractivity contribution in [1.29, 1.82) is 0 Å². The van der Waals surface area contributed by atoms with Gasteiger partial charge in [-0.1, -0.05) is 19.8 Å². The summed E-state index contributed by atoms with van der Waals surface area (Å²) in [6, 6.07) is 0. The molecule has 2 saturated carbocycles. The molecule has 98 valence electrons. The summed E-state index contributed by atoms with van der Waals surface area (Å²) in [6.45, 7) is 8.33. The molecule has 3 rings (SSSR count). The molecule has 3 aliphatic rings. The average molecular weight is 236 g/mol. The lowest BCUT2D eigenvalue weighted by Crippen LogP contribution is -2.56. The largest absolute Gasteiger partial charge is 0.329 e. The van der Waals surface area contributed by atoms with Crippen LogP contribution in [0.4, 0.5) is 0 Å². The van der Waals surface area contributed by atoms with Crippen molar-refractivity contribution in [3.05, 3.63) is 0 Å². The lowest BCUT2D eigenvalue weighted by Gasteiger charge is -2.44. The molecule has 0 radical (unpaired) electrons. The molecule has 1 heterocycles. The van der Waals surface area contributed by atoms with Gasteiger partial charge in [-0.15, -0.1) is 0 Å². The van der Waals surface area contributed by atoms with Gasteiger partial charge in [0.15, 0.2) is 0 Å². The van der Waals surface area contributed by atoms with Crippen LogP contribution in [0, 0.1) is 10.8 Å². The second-order valence-electron chi connectivity index (χ2n) is 7.42. The third-order valence-corrected chi connectivity index (χ3v) is 6.50. The van der Waals surface area contributed by atoms with Crippen LogP contribution in [-0.2, 0) is 0 Å². The number of likely N-dealkylation sites (tertiary alicyclic amines) is 1. The Kier molecular flexibility index (Phi) is 2.61. The van der Waals surface area contributed by atoms with E-state index in [1.54, 1.807) is 0 Å².